The van der Waals surface area contributed by atoms with E-state index in [1.807, 2.05) is 17.5 Å². The van der Waals surface area contributed by atoms with Gasteiger partial charge < -0.3 is 15.0 Å². The molecule has 1 aromatic heterocycles. The van der Waals surface area contributed by atoms with Crippen molar-refractivity contribution in [2.75, 3.05) is 19.7 Å². The largest absolute Gasteiger partial charge is 0.411 e. The summed E-state index contributed by atoms with van der Waals surface area (Å²) >= 11 is 1.53. The first kappa shape index (κ1) is 14.1. The molecule has 0 bridgehead atoms. The zero-order valence-corrected chi connectivity index (χ0v) is 10.8. The minimum absolute atomic E-state index is 0.201. The molecule has 0 aromatic carbocycles. The molecular weight excluding hydrogens is 281 g/mol. The third-order valence-electron chi connectivity index (χ3n) is 2.61. The van der Waals surface area contributed by atoms with E-state index in [2.05, 4.69) is 10.1 Å². The molecule has 1 fully saturated rings. The summed E-state index contributed by atoms with van der Waals surface area (Å²) in [5, 5.41) is 4.61. The van der Waals surface area contributed by atoms with E-state index >= 15 is 0 Å². The number of likely N-dealkylation sites (tertiary alicyclic amines) is 1. The molecule has 1 aliphatic rings. The van der Waals surface area contributed by atoms with Crippen LogP contribution in [0.4, 0.5) is 18.0 Å². The zero-order valence-electron chi connectivity index (χ0n) is 9.94. The number of rotatable bonds is 4. The topological polar surface area (TPSA) is 41.6 Å². The number of amides is 2. The highest BCUT2D eigenvalue weighted by atomic mass is 32.1. The molecule has 8 heteroatoms. The number of nitrogens with zero attached hydrogens (tertiary/aromatic N) is 1. The van der Waals surface area contributed by atoms with Crippen molar-refractivity contribution in [3.8, 4) is 0 Å². The molecule has 0 saturated carbocycles. The first-order valence-electron chi connectivity index (χ1n) is 5.67. The molecule has 4 nitrogen and oxygen atoms in total. The van der Waals surface area contributed by atoms with Gasteiger partial charge in [-0.3, -0.25) is 0 Å². The Morgan fingerprint density at radius 2 is 2.26 bits per heavy atom. The van der Waals surface area contributed by atoms with Crippen LogP contribution in [0.2, 0.25) is 0 Å². The van der Waals surface area contributed by atoms with Gasteiger partial charge in [-0.1, -0.05) is 6.07 Å². The van der Waals surface area contributed by atoms with Gasteiger partial charge in [-0.2, -0.15) is 13.2 Å². The molecule has 2 heterocycles. The number of nitrogens with one attached hydrogen (secondary N) is 1. The Hall–Kier alpha value is -1.28. The van der Waals surface area contributed by atoms with Crippen LogP contribution in [0.5, 0.6) is 0 Å². The monoisotopic (exact) mass is 294 g/mol. The second-order valence-corrected chi connectivity index (χ2v) is 5.22. The highest BCUT2D eigenvalue weighted by Crippen LogP contribution is 2.19. The third kappa shape index (κ3) is 4.39. The number of thiophene rings is 1. The summed E-state index contributed by atoms with van der Waals surface area (Å²) in [6.45, 7) is -0.428. The molecule has 1 N–H and O–H groups in total. The molecule has 1 aliphatic heterocycles. The molecule has 2 amide bonds. The van der Waals surface area contributed by atoms with Gasteiger partial charge in [0.25, 0.3) is 0 Å². The minimum Gasteiger partial charge on any atom is -0.365 e. The van der Waals surface area contributed by atoms with Crippen molar-refractivity contribution in [3.63, 3.8) is 0 Å². The quantitative estimate of drug-likeness (QED) is 0.925. The Morgan fingerprint density at radius 1 is 1.53 bits per heavy atom. The van der Waals surface area contributed by atoms with Crippen molar-refractivity contribution in [1.29, 1.82) is 0 Å². The Morgan fingerprint density at radius 3 is 2.84 bits per heavy atom. The summed E-state index contributed by atoms with van der Waals surface area (Å²) in [4.78, 5) is 14.1. The number of hydrogen-bond donors (Lipinski definition) is 1. The number of carbonyl (C=O) groups is 1. The van der Waals surface area contributed by atoms with Crippen LogP contribution in [0, 0.1) is 0 Å². The van der Waals surface area contributed by atoms with Crippen LogP contribution in [0.25, 0.3) is 0 Å². The Kier molecular flexibility index (Phi) is 4.31. The molecule has 106 valence electrons. The molecule has 19 heavy (non-hydrogen) atoms. The van der Waals surface area contributed by atoms with Crippen LogP contribution in [-0.4, -0.2) is 42.9 Å². The van der Waals surface area contributed by atoms with Crippen LogP contribution in [0.15, 0.2) is 17.5 Å². The predicted octanol–water partition coefficient (Wildman–Crippen LogP) is 2.22. The van der Waals surface area contributed by atoms with Crippen LogP contribution in [0.3, 0.4) is 0 Å². The first-order valence-corrected chi connectivity index (χ1v) is 6.55. The Bertz CT molecular complexity index is 416. The van der Waals surface area contributed by atoms with Gasteiger partial charge in [0.15, 0.2) is 0 Å². The van der Waals surface area contributed by atoms with Crippen molar-refractivity contribution in [2.24, 2.45) is 0 Å². The summed E-state index contributed by atoms with van der Waals surface area (Å²) in [7, 11) is 0. The van der Waals surface area contributed by atoms with E-state index in [1.165, 1.54) is 16.2 Å². The number of urea groups is 1. The van der Waals surface area contributed by atoms with E-state index in [1.54, 1.807) is 0 Å². The fraction of sp³-hybridized carbons (Fsp3) is 0.545. The SMILES string of the molecule is O=C(NCc1cccs1)N1CC(OCC(F)(F)F)C1. The summed E-state index contributed by atoms with van der Waals surface area (Å²) in [5.41, 5.74) is 0. The van der Waals surface area contributed by atoms with Gasteiger partial charge in [-0.05, 0) is 11.4 Å². The van der Waals surface area contributed by atoms with Crippen molar-refractivity contribution in [3.05, 3.63) is 22.4 Å². The number of alkyl halides is 3. The van der Waals surface area contributed by atoms with Crippen molar-refractivity contribution in [1.82, 2.24) is 10.2 Å². The van der Waals surface area contributed by atoms with Gasteiger partial charge in [-0.25, -0.2) is 4.79 Å². The number of halogens is 3. The average Bonchev–Trinajstić information content (AvgIpc) is 2.75. The highest BCUT2D eigenvalue weighted by molar-refractivity contribution is 7.09. The average molecular weight is 294 g/mol. The van der Waals surface area contributed by atoms with Gasteiger partial charge in [0, 0.05) is 4.88 Å². The smallest absolute Gasteiger partial charge is 0.365 e. The van der Waals surface area contributed by atoms with E-state index in [-0.39, 0.29) is 19.1 Å². The Labute approximate surface area is 112 Å². The van der Waals surface area contributed by atoms with Gasteiger partial charge in [0.1, 0.15) is 6.61 Å². The van der Waals surface area contributed by atoms with E-state index in [4.69, 9.17) is 0 Å². The van der Waals surface area contributed by atoms with Gasteiger partial charge in [0.05, 0.1) is 25.7 Å². The van der Waals surface area contributed by atoms with Gasteiger partial charge in [-0.15, -0.1) is 11.3 Å². The molecule has 0 radical (unpaired) electrons. The molecular formula is C11H13F3N2O2S. The molecule has 1 aromatic rings. The predicted molar refractivity (Wildman–Crippen MR) is 63.9 cm³/mol. The first-order chi connectivity index (χ1) is 8.94. The van der Waals surface area contributed by atoms with Crippen molar-refractivity contribution in [2.45, 2.75) is 18.8 Å². The lowest BCUT2D eigenvalue weighted by Gasteiger charge is -2.38. The fourth-order valence-corrected chi connectivity index (χ4v) is 2.25. The maximum Gasteiger partial charge on any atom is 0.411 e. The zero-order chi connectivity index (χ0) is 13.9. The number of ether oxygens (including phenoxy) is 1. The molecule has 0 unspecified atom stereocenters. The standard InChI is InChI=1S/C11H13F3N2O2S/c12-11(13,14)7-18-8-5-16(6-8)10(17)15-4-9-2-1-3-19-9/h1-3,8H,4-7H2,(H,15,17). The summed E-state index contributed by atoms with van der Waals surface area (Å²) in [6.07, 6.45) is -4.84. The van der Waals surface area contributed by atoms with Crippen LogP contribution >= 0.6 is 11.3 Å². The van der Waals surface area contributed by atoms with Crippen molar-refractivity contribution >= 4 is 17.4 Å². The highest BCUT2D eigenvalue weighted by Gasteiger charge is 2.35. The molecule has 0 aliphatic carbocycles. The van der Waals surface area contributed by atoms with E-state index in [0.29, 0.717) is 6.54 Å². The van der Waals surface area contributed by atoms with Gasteiger partial charge in [0.2, 0.25) is 0 Å². The summed E-state index contributed by atoms with van der Waals surface area (Å²) < 4.78 is 40.3. The lowest BCUT2D eigenvalue weighted by molar-refractivity contribution is -0.195. The maximum atomic E-state index is 11.9. The van der Waals surface area contributed by atoms with E-state index in [0.717, 1.165) is 4.88 Å². The Balaban J connectivity index is 1.62. The summed E-state index contributed by atoms with van der Waals surface area (Å²) in [5.74, 6) is 0. The summed E-state index contributed by atoms with van der Waals surface area (Å²) in [6, 6.07) is 3.51. The lowest BCUT2D eigenvalue weighted by Crippen LogP contribution is -2.58. The molecule has 2 rings (SSSR count). The second kappa shape index (κ2) is 5.79. The van der Waals surface area contributed by atoms with E-state index < -0.39 is 18.9 Å². The number of carbonyl (C=O) groups excluding carboxylic acids is 1. The molecule has 0 spiro atoms. The second-order valence-electron chi connectivity index (χ2n) is 4.19. The normalized spacial score (nSPS) is 16.3. The third-order valence-corrected chi connectivity index (χ3v) is 3.49. The minimum atomic E-state index is -4.32. The molecule has 0 atom stereocenters. The number of hydrogen-bond acceptors (Lipinski definition) is 3. The van der Waals surface area contributed by atoms with E-state index in [9.17, 15) is 18.0 Å². The van der Waals surface area contributed by atoms with Crippen LogP contribution in [-0.2, 0) is 11.3 Å². The van der Waals surface area contributed by atoms with Crippen LogP contribution < -0.4 is 5.32 Å². The van der Waals surface area contributed by atoms with Crippen LogP contribution in [0.1, 0.15) is 4.88 Å². The van der Waals surface area contributed by atoms with Gasteiger partial charge >= 0.3 is 12.2 Å². The molecule has 1 saturated heterocycles. The maximum absolute atomic E-state index is 11.9. The van der Waals surface area contributed by atoms with Crippen molar-refractivity contribution < 1.29 is 22.7 Å². The lowest BCUT2D eigenvalue weighted by atomic mass is 10.2. The fourth-order valence-electron chi connectivity index (χ4n) is 1.61.